The lowest BCUT2D eigenvalue weighted by Gasteiger charge is -2.24. The number of nitrogens with one attached hydrogen (secondary N) is 3. The van der Waals surface area contributed by atoms with Crippen molar-refractivity contribution in [2.45, 2.75) is 11.1 Å². The minimum atomic E-state index is -5.09. The van der Waals surface area contributed by atoms with Crippen LogP contribution >= 0.6 is 0 Å². The average Bonchev–Trinajstić information content (AvgIpc) is 2.89. The third kappa shape index (κ3) is 6.25. The van der Waals surface area contributed by atoms with Crippen molar-refractivity contribution in [1.82, 2.24) is 14.7 Å². The lowest BCUT2D eigenvalue weighted by Crippen LogP contribution is -2.38. The van der Waals surface area contributed by atoms with E-state index in [1.807, 2.05) is 0 Å². The number of hydrogen-bond donors (Lipinski definition) is 3. The zero-order valence-electron chi connectivity index (χ0n) is 19.8. The molecule has 0 spiro atoms. The first-order chi connectivity index (χ1) is 18.1. The van der Waals surface area contributed by atoms with Gasteiger partial charge in [-0.1, -0.05) is 30.3 Å². The maximum absolute atomic E-state index is 13.4. The molecule has 0 atom stereocenters. The molecule has 196 valence electrons. The molecule has 0 bridgehead atoms. The van der Waals surface area contributed by atoms with Gasteiger partial charge in [0.25, 0.3) is 0 Å². The Bertz CT molecular complexity index is 1550. The lowest BCUT2D eigenvalue weighted by atomic mass is 10.2. The molecular weight excluding hydrogens is 521 g/mol. The molecule has 3 N–H and O–H groups in total. The Kier molecular flexibility index (Phi) is 7.60. The molecule has 0 radical (unpaired) electrons. The van der Waals surface area contributed by atoms with Crippen LogP contribution in [-0.2, 0) is 14.8 Å². The summed E-state index contributed by atoms with van der Waals surface area (Å²) in [5, 5.41) is 5.97. The third-order valence-corrected chi connectivity index (χ3v) is 6.60. The van der Waals surface area contributed by atoms with Gasteiger partial charge in [-0.2, -0.15) is 13.2 Å². The molecule has 3 aromatic carbocycles. The standard InChI is InChI=1S/C25H21F3N6O3S/c1-29-38(36,37)21-12-6-8-18(14-21)33-23-15-22(30-16-31-23)32-17-7-5-11-20(13-17)34(24(35)25(26,27)28)19-9-3-2-4-10-19/h2-16,29H,1H3,(H2,30,31,32,33). The molecule has 1 heterocycles. The second-order valence-corrected chi connectivity index (χ2v) is 9.68. The summed E-state index contributed by atoms with van der Waals surface area (Å²) in [5.41, 5.74) is 0.879. The van der Waals surface area contributed by atoms with E-state index in [9.17, 15) is 26.4 Å². The summed E-state index contributed by atoms with van der Waals surface area (Å²) in [6.07, 6.45) is -3.83. The van der Waals surface area contributed by atoms with Gasteiger partial charge in [-0.3, -0.25) is 9.69 Å². The van der Waals surface area contributed by atoms with Gasteiger partial charge >= 0.3 is 12.1 Å². The summed E-state index contributed by atoms with van der Waals surface area (Å²) < 4.78 is 66.5. The van der Waals surface area contributed by atoms with Gasteiger partial charge in [0.15, 0.2) is 0 Å². The van der Waals surface area contributed by atoms with Crippen LogP contribution in [0.1, 0.15) is 0 Å². The second-order valence-electron chi connectivity index (χ2n) is 7.80. The van der Waals surface area contributed by atoms with E-state index in [2.05, 4.69) is 25.3 Å². The summed E-state index contributed by atoms with van der Waals surface area (Å²) >= 11 is 0. The molecule has 4 rings (SSSR count). The Morgan fingerprint density at radius 1 is 0.789 bits per heavy atom. The molecule has 9 nitrogen and oxygen atoms in total. The van der Waals surface area contributed by atoms with Crippen LogP contribution in [0.25, 0.3) is 0 Å². The predicted octanol–water partition coefficient (Wildman–Crippen LogP) is 5.10. The quantitative estimate of drug-likeness (QED) is 0.284. The molecular formula is C25H21F3N6O3S. The Morgan fingerprint density at radius 3 is 1.97 bits per heavy atom. The summed E-state index contributed by atoms with van der Waals surface area (Å²) in [6.45, 7) is 0. The van der Waals surface area contributed by atoms with Gasteiger partial charge in [0, 0.05) is 23.1 Å². The van der Waals surface area contributed by atoms with E-state index in [1.54, 1.807) is 24.3 Å². The van der Waals surface area contributed by atoms with Crippen molar-refractivity contribution < 1.29 is 26.4 Å². The molecule has 38 heavy (non-hydrogen) atoms. The number of aromatic nitrogens is 2. The fraction of sp³-hybridized carbons (Fsp3) is 0.0800. The monoisotopic (exact) mass is 542 g/mol. The average molecular weight is 543 g/mol. The van der Waals surface area contributed by atoms with Crippen LogP contribution in [0.15, 0.2) is 96.2 Å². The van der Waals surface area contributed by atoms with Crippen molar-refractivity contribution in [2.75, 3.05) is 22.6 Å². The number of alkyl halides is 3. The van der Waals surface area contributed by atoms with E-state index in [-0.39, 0.29) is 16.3 Å². The zero-order chi connectivity index (χ0) is 27.3. The smallest absolute Gasteiger partial charge is 0.340 e. The number of hydrogen-bond acceptors (Lipinski definition) is 7. The summed E-state index contributed by atoms with van der Waals surface area (Å²) in [4.78, 5) is 21.2. The predicted molar refractivity (Wildman–Crippen MR) is 137 cm³/mol. The highest BCUT2D eigenvalue weighted by atomic mass is 32.2. The Hall–Kier alpha value is -4.49. The largest absolute Gasteiger partial charge is 0.472 e. The molecule has 1 aromatic heterocycles. The SMILES string of the molecule is CNS(=O)(=O)c1cccc(Nc2cc(Nc3cccc(N(C(=O)C(F)(F)F)c4ccccc4)c3)ncn2)c1. The number of benzene rings is 3. The van der Waals surface area contributed by atoms with Crippen LogP contribution in [0, 0.1) is 0 Å². The molecule has 0 aliphatic rings. The van der Waals surface area contributed by atoms with Crippen molar-refractivity contribution in [2.24, 2.45) is 0 Å². The van der Waals surface area contributed by atoms with E-state index in [0.717, 1.165) is 0 Å². The number of amides is 1. The van der Waals surface area contributed by atoms with Crippen LogP contribution in [0.2, 0.25) is 0 Å². The minimum absolute atomic E-state index is 0.00140. The Morgan fingerprint density at radius 2 is 1.37 bits per heavy atom. The van der Waals surface area contributed by atoms with E-state index in [4.69, 9.17) is 0 Å². The first-order valence-electron chi connectivity index (χ1n) is 11.0. The Balaban J connectivity index is 1.59. The summed E-state index contributed by atoms with van der Waals surface area (Å²) in [7, 11) is -2.33. The van der Waals surface area contributed by atoms with E-state index in [0.29, 0.717) is 27.9 Å². The molecule has 1 amide bonds. The van der Waals surface area contributed by atoms with Gasteiger partial charge in [0.1, 0.15) is 18.0 Å². The molecule has 13 heteroatoms. The number of rotatable bonds is 8. The normalized spacial score (nSPS) is 11.6. The summed E-state index contributed by atoms with van der Waals surface area (Å²) in [6, 6.07) is 21.0. The molecule has 0 unspecified atom stereocenters. The van der Waals surface area contributed by atoms with Crippen molar-refractivity contribution in [3.63, 3.8) is 0 Å². The number of anilines is 6. The van der Waals surface area contributed by atoms with Crippen LogP contribution < -0.4 is 20.3 Å². The van der Waals surface area contributed by atoms with Crippen molar-refractivity contribution in [3.05, 3.63) is 91.3 Å². The maximum Gasteiger partial charge on any atom is 0.472 e. The minimum Gasteiger partial charge on any atom is -0.340 e. The highest BCUT2D eigenvalue weighted by molar-refractivity contribution is 7.89. The van der Waals surface area contributed by atoms with Crippen molar-refractivity contribution in [3.8, 4) is 0 Å². The van der Waals surface area contributed by atoms with E-state index >= 15 is 0 Å². The molecule has 0 saturated heterocycles. The number of carbonyl (C=O) groups is 1. The lowest BCUT2D eigenvalue weighted by molar-refractivity contribution is -0.169. The number of para-hydroxylation sites is 1. The molecule has 0 aliphatic heterocycles. The molecule has 0 fully saturated rings. The maximum atomic E-state index is 13.4. The molecule has 4 aromatic rings. The zero-order valence-corrected chi connectivity index (χ0v) is 20.6. The van der Waals surface area contributed by atoms with Crippen molar-refractivity contribution in [1.29, 1.82) is 0 Å². The first kappa shape index (κ1) is 26.6. The van der Waals surface area contributed by atoms with E-state index < -0.39 is 22.1 Å². The van der Waals surface area contributed by atoms with Gasteiger partial charge in [-0.05, 0) is 55.6 Å². The third-order valence-electron chi connectivity index (χ3n) is 5.19. The first-order valence-corrected chi connectivity index (χ1v) is 12.5. The van der Waals surface area contributed by atoms with Crippen LogP contribution in [0.3, 0.4) is 0 Å². The molecule has 0 aliphatic carbocycles. The highest BCUT2D eigenvalue weighted by Gasteiger charge is 2.43. The van der Waals surface area contributed by atoms with Gasteiger partial charge in [0.2, 0.25) is 10.0 Å². The second kappa shape index (κ2) is 10.9. The van der Waals surface area contributed by atoms with Gasteiger partial charge in [-0.25, -0.2) is 23.1 Å². The molecule has 0 saturated carbocycles. The number of sulfonamides is 1. The van der Waals surface area contributed by atoms with Crippen LogP contribution in [0.4, 0.5) is 47.6 Å². The van der Waals surface area contributed by atoms with Crippen LogP contribution in [-0.4, -0.2) is 37.5 Å². The number of carbonyl (C=O) groups excluding carboxylic acids is 1. The van der Waals surface area contributed by atoms with Crippen molar-refractivity contribution >= 4 is 50.3 Å². The highest BCUT2D eigenvalue weighted by Crippen LogP contribution is 2.33. The van der Waals surface area contributed by atoms with Gasteiger partial charge < -0.3 is 10.6 Å². The van der Waals surface area contributed by atoms with Gasteiger partial charge in [0.05, 0.1) is 10.6 Å². The topological polar surface area (TPSA) is 116 Å². The van der Waals surface area contributed by atoms with Crippen LogP contribution in [0.5, 0.6) is 0 Å². The van der Waals surface area contributed by atoms with E-state index in [1.165, 1.54) is 74.0 Å². The number of halogens is 3. The Labute approximate surface area is 216 Å². The summed E-state index contributed by atoms with van der Waals surface area (Å²) in [5.74, 6) is -1.40. The fourth-order valence-electron chi connectivity index (χ4n) is 3.46. The van der Waals surface area contributed by atoms with Gasteiger partial charge in [-0.15, -0.1) is 0 Å². The fourth-order valence-corrected chi connectivity index (χ4v) is 4.23. The number of nitrogens with zero attached hydrogens (tertiary/aromatic N) is 3.